The van der Waals surface area contributed by atoms with Crippen molar-refractivity contribution in [3.8, 4) is 0 Å². The van der Waals surface area contributed by atoms with Gasteiger partial charge in [0, 0.05) is 13.2 Å². The molecule has 0 atom stereocenters. The van der Waals surface area contributed by atoms with Gasteiger partial charge in [0.2, 0.25) is 0 Å². The molecule has 0 aromatic carbocycles. The third kappa shape index (κ3) is 66.3. The lowest BCUT2D eigenvalue weighted by Gasteiger charge is -2.09. The zero-order valence-electron chi connectivity index (χ0n) is 43.7. The maximum atomic E-state index is 10.9. The summed E-state index contributed by atoms with van der Waals surface area (Å²) in [6, 6.07) is 0. The molecule has 24 heteroatoms. The lowest BCUT2D eigenvalue weighted by molar-refractivity contribution is -0.139. The highest BCUT2D eigenvalue weighted by atomic mass is 16.6. The van der Waals surface area contributed by atoms with Crippen LogP contribution in [0.4, 0.5) is 0 Å². The summed E-state index contributed by atoms with van der Waals surface area (Å²) in [5.74, 6) is -0.464. The van der Waals surface area contributed by atoms with Gasteiger partial charge in [-0.25, -0.2) is 4.79 Å². The normalized spacial score (nSPS) is 11.6. The molecule has 0 aromatic heterocycles. The van der Waals surface area contributed by atoms with Gasteiger partial charge < -0.3 is 109 Å². The van der Waals surface area contributed by atoms with E-state index in [0.717, 1.165) is 6.08 Å². The van der Waals surface area contributed by atoms with E-state index in [1.165, 1.54) is 0 Å². The Hall–Kier alpha value is -1.67. The molecule has 0 unspecified atom stereocenters. The van der Waals surface area contributed by atoms with Gasteiger partial charge in [-0.2, -0.15) is 0 Å². The van der Waals surface area contributed by atoms with Crippen LogP contribution in [0, 0.1) is 0 Å². The molecule has 72 heavy (non-hydrogen) atoms. The van der Waals surface area contributed by atoms with Crippen molar-refractivity contribution in [2.75, 3.05) is 298 Å². The molecular weight excluding hydrogens is 961 g/mol. The Labute approximate surface area is 429 Å². The molecule has 24 nitrogen and oxygen atoms in total. The summed E-state index contributed by atoms with van der Waals surface area (Å²) >= 11 is 0. The summed E-state index contributed by atoms with van der Waals surface area (Å²) in [4.78, 5) is 10.9. The Morgan fingerprint density at radius 2 is 0.333 bits per heavy atom. The van der Waals surface area contributed by atoms with Crippen LogP contribution < -0.4 is 0 Å². The van der Waals surface area contributed by atoms with Gasteiger partial charge in [0.25, 0.3) is 0 Å². The van der Waals surface area contributed by atoms with Gasteiger partial charge in [0.15, 0.2) is 0 Å². The molecule has 0 N–H and O–H groups in total. The van der Waals surface area contributed by atoms with Gasteiger partial charge in [-0.15, -0.1) is 0 Å². The molecule has 0 rings (SSSR count). The van der Waals surface area contributed by atoms with Crippen LogP contribution in [0.25, 0.3) is 0 Å². The molecule has 0 aromatic rings. The third-order valence-corrected chi connectivity index (χ3v) is 8.51. The van der Waals surface area contributed by atoms with Crippen molar-refractivity contribution in [2.45, 2.75) is 0 Å². The van der Waals surface area contributed by atoms with Crippen molar-refractivity contribution in [1.82, 2.24) is 0 Å². The summed E-state index contributed by atoms with van der Waals surface area (Å²) < 4.78 is 124. The van der Waals surface area contributed by atoms with Crippen LogP contribution in [-0.2, 0) is 114 Å². The molecule has 0 aliphatic heterocycles. The van der Waals surface area contributed by atoms with Gasteiger partial charge in [0.1, 0.15) is 6.61 Å². The van der Waals surface area contributed by atoms with Crippen molar-refractivity contribution in [1.29, 1.82) is 0 Å². The Bertz CT molecular complexity index is 1010. The Balaban J connectivity index is 3.08. The van der Waals surface area contributed by atoms with Crippen LogP contribution in [0.1, 0.15) is 0 Å². The second kappa shape index (κ2) is 67.3. The van der Waals surface area contributed by atoms with Crippen LogP contribution in [0.15, 0.2) is 12.7 Å². The average Bonchev–Trinajstić information content (AvgIpc) is 3.39. The maximum Gasteiger partial charge on any atom is 0.330 e. The van der Waals surface area contributed by atoms with Gasteiger partial charge in [-0.3, -0.25) is 0 Å². The molecule has 0 heterocycles. The van der Waals surface area contributed by atoms with E-state index < -0.39 is 5.97 Å². The fourth-order valence-electron chi connectivity index (χ4n) is 4.90. The van der Waals surface area contributed by atoms with E-state index in [4.69, 9.17) is 109 Å². The van der Waals surface area contributed by atoms with E-state index in [9.17, 15) is 4.79 Å². The van der Waals surface area contributed by atoms with Gasteiger partial charge in [-0.1, -0.05) is 6.58 Å². The SMILES string of the molecule is C=CC(=O)OCCOCCOCCOCCOCCOCCOCCOCCOCCOCCOCCOCCOCCOCCOCCOCCOCCOCCOCCOCCOCCOCCOC. The minimum absolute atomic E-state index is 0.191. The zero-order valence-corrected chi connectivity index (χ0v) is 43.7. The zero-order chi connectivity index (χ0) is 51.7. The number of carbonyl (C=O) groups is 1. The van der Waals surface area contributed by atoms with Crippen LogP contribution in [-0.4, -0.2) is 304 Å². The molecule has 0 saturated heterocycles. The molecule has 430 valence electrons. The summed E-state index contributed by atoms with van der Waals surface area (Å²) in [6.45, 7) is 24.5. The average molecular weight is 1060 g/mol. The second-order valence-electron chi connectivity index (χ2n) is 14.2. The van der Waals surface area contributed by atoms with Gasteiger partial charge in [0.05, 0.1) is 284 Å². The number of hydrogen-bond donors (Lipinski definition) is 0. The Morgan fingerprint density at radius 3 is 0.444 bits per heavy atom. The summed E-state index contributed by atoms with van der Waals surface area (Å²) in [5.41, 5.74) is 0. The number of hydrogen-bond acceptors (Lipinski definition) is 24. The fraction of sp³-hybridized carbons (Fsp3) is 0.938. The van der Waals surface area contributed by atoms with Crippen molar-refractivity contribution < 1.29 is 114 Å². The highest BCUT2D eigenvalue weighted by molar-refractivity contribution is 5.81. The summed E-state index contributed by atoms with van der Waals surface area (Å²) in [5, 5.41) is 0. The summed E-state index contributed by atoms with van der Waals surface area (Å²) in [6.07, 6.45) is 1.11. The standard InChI is InChI=1S/C48H94O24/c1-3-48(49)72-47-46-71-45-44-70-43-42-69-41-40-68-39-38-67-37-36-66-35-34-65-33-32-64-31-30-63-29-28-62-27-26-61-25-24-60-23-22-59-21-20-58-19-18-57-17-16-56-15-14-55-13-12-54-11-10-53-9-8-52-7-6-51-5-4-50-2/h3H,1,4-47H2,2H3. The van der Waals surface area contributed by atoms with E-state index in [0.29, 0.717) is 284 Å². The number of ether oxygens (including phenoxy) is 23. The molecule has 0 aliphatic carbocycles. The third-order valence-electron chi connectivity index (χ3n) is 8.51. The molecule has 0 aliphatic rings. The predicted molar refractivity (Wildman–Crippen MR) is 260 cm³/mol. The van der Waals surface area contributed by atoms with Crippen molar-refractivity contribution in [2.24, 2.45) is 0 Å². The first-order valence-corrected chi connectivity index (χ1v) is 25.2. The molecule has 0 radical (unpaired) electrons. The monoisotopic (exact) mass is 1050 g/mol. The lowest BCUT2D eigenvalue weighted by atomic mass is 10.6. The summed E-state index contributed by atoms with van der Waals surface area (Å²) in [7, 11) is 1.64. The van der Waals surface area contributed by atoms with Crippen molar-refractivity contribution in [3.63, 3.8) is 0 Å². The molecule has 0 amide bonds. The van der Waals surface area contributed by atoms with Crippen LogP contribution in [0.2, 0.25) is 0 Å². The number of rotatable bonds is 67. The van der Waals surface area contributed by atoms with Crippen LogP contribution in [0.5, 0.6) is 0 Å². The highest BCUT2D eigenvalue weighted by Crippen LogP contribution is 1.91. The Morgan fingerprint density at radius 1 is 0.222 bits per heavy atom. The lowest BCUT2D eigenvalue weighted by Crippen LogP contribution is -2.16. The van der Waals surface area contributed by atoms with E-state index in [2.05, 4.69) is 6.58 Å². The molecule has 0 fully saturated rings. The topological polar surface area (TPSA) is 229 Å². The van der Waals surface area contributed by atoms with E-state index in [-0.39, 0.29) is 6.61 Å². The van der Waals surface area contributed by atoms with Crippen molar-refractivity contribution in [3.05, 3.63) is 12.7 Å². The minimum Gasteiger partial charge on any atom is -0.460 e. The smallest absolute Gasteiger partial charge is 0.330 e. The van der Waals surface area contributed by atoms with Crippen molar-refractivity contribution >= 4 is 5.97 Å². The first-order chi connectivity index (χ1) is 35.8. The quantitative estimate of drug-likeness (QED) is 0.0464. The second-order valence-corrected chi connectivity index (χ2v) is 14.2. The molecule has 0 bridgehead atoms. The minimum atomic E-state index is -0.464. The number of methoxy groups -OCH3 is 1. The van der Waals surface area contributed by atoms with Gasteiger partial charge in [-0.05, 0) is 0 Å². The molecular formula is C48H94O24. The van der Waals surface area contributed by atoms with E-state index >= 15 is 0 Å². The molecule has 0 spiro atoms. The predicted octanol–water partition coefficient (Wildman–Crippen LogP) is 0.711. The maximum absolute atomic E-state index is 10.9. The Kier molecular flexibility index (Phi) is 65.8. The number of carbonyl (C=O) groups excluding carboxylic acids is 1. The highest BCUT2D eigenvalue weighted by Gasteiger charge is 2.00. The number of esters is 1. The van der Waals surface area contributed by atoms with E-state index in [1.54, 1.807) is 7.11 Å². The van der Waals surface area contributed by atoms with Crippen LogP contribution in [0.3, 0.4) is 0 Å². The van der Waals surface area contributed by atoms with Gasteiger partial charge >= 0.3 is 5.97 Å². The first kappa shape index (κ1) is 70.3. The largest absolute Gasteiger partial charge is 0.460 e. The van der Waals surface area contributed by atoms with Crippen LogP contribution >= 0.6 is 0 Å². The fourth-order valence-corrected chi connectivity index (χ4v) is 4.90. The molecule has 0 saturated carbocycles. The van der Waals surface area contributed by atoms with E-state index in [1.807, 2.05) is 0 Å². The first-order valence-electron chi connectivity index (χ1n) is 25.2.